The summed E-state index contributed by atoms with van der Waals surface area (Å²) < 4.78 is 13.5. The van der Waals surface area contributed by atoms with Crippen LogP contribution in [0.3, 0.4) is 0 Å². The van der Waals surface area contributed by atoms with E-state index in [2.05, 4.69) is 10.3 Å². The summed E-state index contributed by atoms with van der Waals surface area (Å²) >= 11 is 7.19. The van der Waals surface area contributed by atoms with Crippen LogP contribution in [-0.4, -0.2) is 4.98 Å². The number of nitrogens with zero attached hydrogens (tertiary/aromatic N) is 1. The lowest BCUT2D eigenvalue weighted by molar-refractivity contribution is 0.627. The molecule has 0 saturated carbocycles. The van der Waals surface area contributed by atoms with Gasteiger partial charge in [-0.15, -0.1) is 11.3 Å². The second kappa shape index (κ2) is 4.80. The Balaban J connectivity index is 2.15. The Bertz CT molecular complexity index is 473. The predicted octanol–water partition coefficient (Wildman–Crippen LogP) is 4.11. The second-order valence-corrected chi connectivity index (χ2v) is 4.56. The Hall–Kier alpha value is -1.13. The Morgan fingerprint density at radius 2 is 2.31 bits per heavy atom. The summed E-state index contributed by atoms with van der Waals surface area (Å²) in [5.74, 6) is -0.352. The fourth-order valence-corrected chi connectivity index (χ4v) is 2.16. The first kappa shape index (κ1) is 11.4. The molecule has 0 aliphatic carbocycles. The van der Waals surface area contributed by atoms with Crippen LogP contribution in [0.15, 0.2) is 29.1 Å². The van der Waals surface area contributed by atoms with Gasteiger partial charge in [0.2, 0.25) is 0 Å². The van der Waals surface area contributed by atoms with Gasteiger partial charge in [-0.1, -0.05) is 11.6 Å². The van der Waals surface area contributed by atoms with Gasteiger partial charge in [-0.3, -0.25) is 0 Å². The Morgan fingerprint density at radius 3 is 2.94 bits per heavy atom. The number of hydrogen-bond donors (Lipinski definition) is 1. The summed E-state index contributed by atoms with van der Waals surface area (Å²) in [7, 11) is 0. The van der Waals surface area contributed by atoms with E-state index in [1.807, 2.05) is 12.3 Å². The summed E-state index contributed by atoms with van der Waals surface area (Å²) in [5, 5.41) is 5.38. The molecule has 5 heteroatoms. The number of halogens is 2. The van der Waals surface area contributed by atoms with Crippen molar-refractivity contribution in [2.75, 3.05) is 5.32 Å². The van der Waals surface area contributed by atoms with Gasteiger partial charge in [0, 0.05) is 10.4 Å². The normalized spacial score (nSPS) is 12.4. The first-order valence-electron chi connectivity index (χ1n) is 4.76. The number of aromatic nitrogens is 1. The van der Waals surface area contributed by atoms with E-state index in [1.165, 1.54) is 17.4 Å². The summed E-state index contributed by atoms with van der Waals surface area (Å²) in [6, 6.07) is 4.54. The second-order valence-electron chi connectivity index (χ2n) is 3.40. The highest BCUT2D eigenvalue weighted by atomic mass is 35.5. The van der Waals surface area contributed by atoms with Crippen LogP contribution in [0.1, 0.15) is 18.7 Å². The molecule has 0 bridgehead atoms. The molecule has 0 amide bonds. The minimum absolute atomic E-state index is 0.0260. The van der Waals surface area contributed by atoms with Gasteiger partial charge in [0.1, 0.15) is 5.82 Å². The van der Waals surface area contributed by atoms with Crippen molar-refractivity contribution in [3.05, 3.63) is 45.6 Å². The van der Waals surface area contributed by atoms with Gasteiger partial charge in [-0.05, 0) is 25.1 Å². The van der Waals surface area contributed by atoms with E-state index >= 15 is 0 Å². The Kier molecular flexibility index (Phi) is 3.41. The molecular formula is C11H10ClFN2S. The van der Waals surface area contributed by atoms with Crippen LogP contribution < -0.4 is 5.32 Å². The number of anilines is 1. The zero-order chi connectivity index (χ0) is 11.5. The van der Waals surface area contributed by atoms with Gasteiger partial charge in [0.25, 0.3) is 0 Å². The molecule has 0 aliphatic rings. The third-order valence-corrected chi connectivity index (χ3v) is 3.04. The fourth-order valence-electron chi connectivity index (χ4n) is 1.35. The highest BCUT2D eigenvalue weighted by molar-refractivity contribution is 7.07. The summed E-state index contributed by atoms with van der Waals surface area (Å²) in [4.78, 5) is 4.17. The van der Waals surface area contributed by atoms with Crippen molar-refractivity contribution in [2.45, 2.75) is 13.0 Å². The van der Waals surface area contributed by atoms with Crippen molar-refractivity contribution in [3.8, 4) is 0 Å². The standard InChI is InChI=1S/C11H10ClFN2S/c1-7(11-5-16-6-14-11)15-10-3-2-8(12)4-9(10)13/h2-7,15H,1H3. The number of rotatable bonds is 3. The molecule has 0 spiro atoms. The number of thiazole rings is 1. The summed E-state index contributed by atoms with van der Waals surface area (Å²) in [6.45, 7) is 1.93. The number of hydrogen-bond acceptors (Lipinski definition) is 3. The van der Waals surface area contributed by atoms with Crippen molar-refractivity contribution in [1.82, 2.24) is 4.98 Å². The maximum absolute atomic E-state index is 13.5. The van der Waals surface area contributed by atoms with Crippen molar-refractivity contribution < 1.29 is 4.39 Å². The molecule has 84 valence electrons. The minimum Gasteiger partial charge on any atom is -0.375 e. The lowest BCUT2D eigenvalue weighted by Crippen LogP contribution is -2.08. The molecule has 0 fully saturated rings. The molecular weight excluding hydrogens is 247 g/mol. The van der Waals surface area contributed by atoms with E-state index < -0.39 is 0 Å². The smallest absolute Gasteiger partial charge is 0.147 e. The maximum atomic E-state index is 13.5. The number of nitrogens with one attached hydrogen (secondary N) is 1. The Labute approximate surface area is 102 Å². The van der Waals surface area contributed by atoms with Crippen LogP contribution in [-0.2, 0) is 0 Å². The molecule has 1 unspecified atom stereocenters. The van der Waals surface area contributed by atoms with Crippen LogP contribution in [0.5, 0.6) is 0 Å². The molecule has 1 aromatic heterocycles. The van der Waals surface area contributed by atoms with Crippen molar-refractivity contribution in [3.63, 3.8) is 0 Å². The topological polar surface area (TPSA) is 24.9 Å². The number of benzene rings is 1. The van der Waals surface area contributed by atoms with Crippen LogP contribution in [0, 0.1) is 5.82 Å². The van der Waals surface area contributed by atoms with Crippen LogP contribution in [0.2, 0.25) is 5.02 Å². The molecule has 1 atom stereocenters. The quantitative estimate of drug-likeness (QED) is 0.894. The highest BCUT2D eigenvalue weighted by Crippen LogP contribution is 2.23. The molecule has 1 N–H and O–H groups in total. The molecule has 0 radical (unpaired) electrons. The van der Waals surface area contributed by atoms with Gasteiger partial charge >= 0.3 is 0 Å². The van der Waals surface area contributed by atoms with Crippen molar-refractivity contribution in [2.24, 2.45) is 0 Å². The largest absolute Gasteiger partial charge is 0.375 e. The molecule has 0 saturated heterocycles. The van der Waals surface area contributed by atoms with Crippen LogP contribution >= 0.6 is 22.9 Å². The van der Waals surface area contributed by atoms with Gasteiger partial charge in [-0.25, -0.2) is 9.37 Å². The van der Waals surface area contributed by atoms with E-state index in [9.17, 15) is 4.39 Å². The molecule has 16 heavy (non-hydrogen) atoms. The Morgan fingerprint density at radius 1 is 1.50 bits per heavy atom. The maximum Gasteiger partial charge on any atom is 0.147 e. The lowest BCUT2D eigenvalue weighted by atomic mass is 10.2. The molecule has 2 nitrogen and oxygen atoms in total. The van der Waals surface area contributed by atoms with Gasteiger partial charge in [0.15, 0.2) is 0 Å². The van der Waals surface area contributed by atoms with Gasteiger partial charge in [-0.2, -0.15) is 0 Å². The van der Waals surface area contributed by atoms with Gasteiger partial charge in [0.05, 0.1) is 22.9 Å². The average molecular weight is 257 g/mol. The molecule has 1 aromatic carbocycles. The lowest BCUT2D eigenvalue weighted by Gasteiger charge is -2.13. The van der Waals surface area contributed by atoms with E-state index in [4.69, 9.17) is 11.6 Å². The molecule has 2 aromatic rings. The summed E-state index contributed by atoms with van der Waals surface area (Å²) in [5.41, 5.74) is 3.09. The van der Waals surface area contributed by atoms with E-state index in [0.717, 1.165) is 5.69 Å². The summed E-state index contributed by atoms with van der Waals surface area (Å²) in [6.07, 6.45) is 0. The monoisotopic (exact) mass is 256 g/mol. The molecule has 0 aliphatic heterocycles. The van der Waals surface area contributed by atoms with Crippen LogP contribution in [0.25, 0.3) is 0 Å². The zero-order valence-corrected chi connectivity index (χ0v) is 10.1. The molecule has 1 heterocycles. The first-order valence-corrected chi connectivity index (χ1v) is 6.08. The average Bonchev–Trinajstić information content (AvgIpc) is 2.75. The van der Waals surface area contributed by atoms with E-state index in [0.29, 0.717) is 10.7 Å². The van der Waals surface area contributed by atoms with Crippen molar-refractivity contribution in [1.29, 1.82) is 0 Å². The fraction of sp³-hybridized carbons (Fsp3) is 0.182. The minimum atomic E-state index is -0.352. The van der Waals surface area contributed by atoms with E-state index in [-0.39, 0.29) is 11.9 Å². The molecule has 2 rings (SSSR count). The van der Waals surface area contributed by atoms with Crippen molar-refractivity contribution >= 4 is 28.6 Å². The third kappa shape index (κ3) is 2.51. The SMILES string of the molecule is CC(Nc1ccc(Cl)cc1F)c1cscn1. The van der Waals surface area contributed by atoms with E-state index in [1.54, 1.807) is 17.6 Å². The van der Waals surface area contributed by atoms with Crippen LogP contribution in [0.4, 0.5) is 10.1 Å². The third-order valence-electron chi connectivity index (χ3n) is 2.20. The zero-order valence-electron chi connectivity index (χ0n) is 8.58. The highest BCUT2D eigenvalue weighted by Gasteiger charge is 2.10. The first-order chi connectivity index (χ1) is 7.66. The predicted molar refractivity (Wildman–Crippen MR) is 65.6 cm³/mol. The van der Waals surface area contributed by atoms with Gasteiger partial charge < -0.3 is 5.32 Å².